The Hall–Kier alpha value is -4.70. The molecule has 0 bridgehead atoms. The molecule has 46 heavy (non-hydrogen) atoms. The molecule has 0 fully saturated rings. The fourth-order valence-electron chi connectivity index (χ4n) is 5.04. The van der Waals surface area contributed by atoms with E-state index in [2.05, 4.69) is 5.32 Å². The highest BCUT2D eigenvalue weighted by molar-refractivity contribution is 7.92. The van der Waals surface area contributed by atoms with Crippen LogP contribution in [0.1, 0.15) is 36.5 Å². The molecule has 4 aromatic carbocycles. The van der Waals surface area contributed by atoms with Crippen molar-refractivity contribution < 1.29 is 27.1 Å². The maximum Gasteiger partial charge on any atom is 0.264 e. The molecule has 0 saturated heterocycles. The summed E-state index contributed by atoms with van der Waals surface area (Å²) in [6.45, 7) is 3.84. The minimum Gasteiger partial charge on any atom is -0.497 e. The summed E-state index contributed by atoms with van der Waals surface area (Å²) in [5.74, 6) is -1.00. The average molecular weight is 646 g/mol. The summed E-state index contributed by atoms with van der Waals surface area (Å²) in [5, 5.41) is 2.98. The minimum absolute atomic E-state index is 0.0735. The molecule has 0 aliphatic heterocycles. The van der Waals surface area contributed by atoms with Crippen LogP contribution < -0.4 is 14.4 Å². The zero-order valence-corrected chi connectivity index (χ0v) is 27.2. The lowest BCUT2D eigenvalue weighted by Crippen LogP contribution is -2.53. The number of benzene rings is 4. The summed E-state index contributed by atoms with van der Waals surface area (Å²) in [4.78, 5) is 29.7. The van der Waals surface area contributed by atoms with E-state index < -0.39 is 34.3 Å². The van der Waals surface area contributed by atoms with E-state index in [1.807, 2.05) is 68.4 Å². The number of unbranched alkanes of at least 4 members (excludes halogenated alkanes) is 1. The number of carbonyl (C=O) groups excluding carboxylic acids is 2. The summed E-state index contributed by atoms with van der Waals surface area (Å²) in [6, 6.07) is 26.7. The highest BCUT2D eigenvalue weighted by Gasteiger charge is 2.34. The van der Waals surface area contributed by atoms with E-state index in [9.17, 15) is 22.4 Å². The van der Waals surface area contributed by atoms with Gasteiger partial charge >= 0.3 is 0 Å². The van der Waals surface area contributed by atoms with Gasteiger partial charge in [0.1, 0.15) is 24.2 Å². The largest absolute Gasteiger partial charge is 0.497 e. The second kappa shape index (κ2) is 16.0. The molecule has 10 heteroatoms. The predicted molar refractivity (Wildman–Crippen MR) is 178 cm³/mol. The zero-order valence-electron chi connectivity index (χ0n) is 26.4. The Morgan fingerprint density at radius 3 is 2.17 bits per heavy atom. The van der Waals surface area contributed by atoms with Crippen molar-refractivity contribution in [1.82, 2.24) is 10.2 Å². The number of methoxy groups -OCH3 is 1. The number of sulfonamides is 1. The lowest BCUT2D eigenvalue weighted by Gasteiger charge is -2.34. The van der Waals surface area contributed by atoms with Gasteiger partial charge < -0.3 is 15.0 Å². The van der Waals surface area contributed by atoms with E-state index in [1.165, 1.54) is 48.4 Å². The number of amides is 2. The smallest absolute Gasteiger partial charge is 0.264 e. The van der Waals surface area contributed by atoms with Crippen LogP contribution in [-0.2, 0) is 32.6 Å². The fraction of sp³-hybridized carbons (Fsp3) is 0.278. The van der Waals surface area contributed by atoms with Crippen LogP contribution in [0.4, 0.5) is 10.1 Å². The number of hydrogen-bond donors (Lipinski definition) is 1. The van der Waals surface area contributed by atoms with Gasteiger partial charge in [-0.25, -0.2) is 12.8 Å². The van der Waals surface area contributed by atoms with Crippen LogP contribution in [0.5, 0.6) is 5.75 Å². The van der Waals surface area contributed by atoms with Crippen molar-refractivity contribution in [1.29, 1.82) is 0 Å². The van der Waals surface area contributed by atoms with Gasteiger partial charge in [0.25, 0.3) is 10.0 Å². The van der Waals surface area contributed by atoms with E-state index in [1.54, 1.807) is 0 Å². The molecule has 2 amide bonds. The zero-order chi connectivity index (χ0) is 33.1. The van der Waals surface area contributed by atoms with Gasteiger partial charge in [0.05, 0.1) is 17.7 Å². The molecule has 0 aliphatic rings. The highest BCUT2D eigenvalue weighted by atomic mass is 32.2. The molecular formula is C36H40FN3O5S. The van der Waals surface area contributed by atoms with E-state index in [0.717, 1.165) is 46.0 Å². The second-order valence-electron chi connectivity index (χ2n) is 11.0. The first-order valence-corrected chi connectivity index (χ1v) is 16.7. The molecular weight excluding hydrogens is 605 g/mol. The van der Waals surface area contributed by atoms with Crippen molar-refractivity contribution in [3.05, 3.63) is 126 Å². The molecule has 1 N–H and O–H groups in total. The van der Waals surface area contributed by atoms with Crippen molar-refractivity contribution in [2.45, 2.75) is 50.6 Å². The van der Waals surface area contributed by atoms with Gasteiger partial charge in [-0.1, -0.05) is 67.9 Å². The maximum atomic E-state index is 14.5. The Bertz CT molecular complexity index is 1700. The predicted octanol–water partition coefficient (Wildman–Crippen LogP) is 5.89. The normalized spacial score (nSPS) is 11.8. The Morgan fingerprint density at radius 2 is 1.54 bits per heavy atom. The van der Waals surface area contributed by atoms with Crippen LogP contribution in [0, 0.1) is 12.7 Å². The van der Waals surface area contributed by atoms with Gasteiger partial charge in [-0.3, -0.25) is 13.9 Å². The van der Waals surface area contributed by atoms with E-state index in [4.69, 9.17) is 4.74 Å². The van der Waals surface area contributed by atoms with Crippen molar-refractivity contribution in [2.24, 2.45) is 0 Å². The van der Waals surface area contributed by atoms with Crippen LogP contribution in [0.3, 0.4) is 0 Å². The number of carbonyl (C=O) groups is 2. The molecule has 0 saturated carbocycles. The molecule has 8 nitrogen and oxygen atoms in total. The third-order valence-electron chi connectivity index (χ3n) is 7.74. The van der Waals surface area contributed by atoms with Crippen molar-refractivity contribution in [3.63, 3.8) is 0 Å². The van der Waals surface area contributed by atoms with Crippen LogP contribution in [-0.4, -0.2) is 51.4 Å². The molecule has 0 spiro atoms. The minimum atomic E-state index is -4.32. The first-order chi connectivity index (χ1) is 22.1. The lowest BCUT2D eigenvalue weighted by molar-refractivity contribution is -0.140. The number of aryl methyl sites for hydroxylation is 1. The number of anilines is 1. The van der Waals surface area contributed by atoms with Gasteiger partial charge in [-0.2, -0.15) is 0 Å². The molecule has 4 rings (SSSR count). The number of ether oxygens (including phenoxy) is 1. The number of hydrogen-bond acceptors (Lipinski definition) is 5. The quantitative estimate of drug-likeness (QED) is 0.163. The molecule has 4 aromatic rings. The standard InChI is InChI=1S/C36H40FN3O5S/c1-4-5-23-38-36(42)34(24-28-12-7-6-8-13-28)39(25-29-14-10-9-11-27(29)2)35(41)26-40(31-17-15-30(37)16-18-31)46(43,44)33-21-19-32(45-3)20-22-33/h6-22,34H,4-5,23-26H2,1-3H3,(H,38,42)/t34-/m1/s1. The van der Waals surface area contributed by atoms with Crippen molar-refractivity contribution in [2.75, 3.05) is 24.5 Å². The SMILES string of the molecule is CCCCNC(=O)[C@@H](Cc1ccccc1)N(Cc1ccccc1C)C(=O)CN(c1ccc(F)cc1)S(=O)(=O)c1ccc(OC)cc1. The van der Waals surface area contributed by atoms with Crippen molar-refractivity contribution in [3.8, 4) is 5.75 Å². The maximum absolute atomic E-state index is 14.5. The molecule has 1 atom stereocenters. The summed E-state index contributed by atoms with van der Waals surface area (Å²) in [6.07, 6.45) is 1.87. The molecule has 0 heterocycles. The monoisotopic (exact) mass is 645 g/mol. The van der Waals surface area contributed by atoms with Crippen LogP contribution in [0.25, 0.3) is 0 Å². The van der Waals surface area contributed by atoms with E-state index in [-0.39, 0.29) is 29.5 Å². The Labute approximate surface area is 270 Å². The molecule has 0 aliphatic carbocycles. The summed E-state index contributed by atoms with van der Waals surface area (Å²) in [5.41, 5.74) is 2.70. The van der Waals surface area contributed by atoms with Crippen LogP contribution in [0.2, 0.25) is 0 Å². The van der Waals surface area contributed by atoms with Gasteiger partial charge in [0.15, 0.2) is 0 Å². The highest BCUT2D eigenvalue weighted by Crippen LogP contribution is 2.27. The third-order valence-corrected chi connectivity index (χ3v) is 9.53. The van der Waals surface area contributed by atoms with E-state index >= 15 is 0 Å². The lowest BCUT2D eigenvalue weighted by atomic mass is 10.0. The summed E-state index contributed by atoms with van der Waals surface area (Å²) >= 11 is 0. The fourth-order valence-corrected chi connectivity index (χ4v) is 6.46. The van der Waals surface area contributed by atoms with Gasteiger partial charge in [-0.05, 0) is 78.6 Å². The molecule has 0 aromatic heterocycles. The average Bonchev–Trinajstić information content (AvgIpc) is 3.07. The number of nitrogens with one attached hydrogen (secondary N) is 1. The third kappa shape index (κ3) is 8.72. The summed E-state index contributed by atoms with van der Waals surface area (Å²) < 4.78 is 48.3. The number of nitrogens with zero attached hydrogens (tertiary/aromatic N) is 2. The van der Waals surface area contributed by atoms with Gasteiger partial charge in [0.2, 0.25) is 11.8 Å². The van der Waals surface area contributed by atoms with Crippen molar-refractivity contribution >= 4 is 27.5 Å². The molecule has 0 radical (unpaired) electrons. The topological polar surface area (TPSA) is 96.0 Å². The number of rotatable bonds is 15. The number of halogens is 1. The van der Waals surface area contributed by atoms with Crippen LogP contribution in [0.15, 0.2) is 108 Å². The molecule has 0 unspecified atom stereocenters. The van der Waals surface area contributed by atoms with Crippen LogP contribution >= 0.6 is 0 Å². The van der Waals surface area contributed by atoms with Gasteiger partial charge in [0, 0.05) is 19.5 Å². The summed E-state index contributed by atoms with van der Waals surface area (Å²) in [7, 11) is -2.84. The van der Waals surface area contributed by atoms with E-state index in [0.29, 0.717) is 12.3 Å². The second-order valence-corrected chi connectivity index (χ2v) is 12.8. The molecule has 242 valence electrons. The van der Waals surface area contributed by atoms with Gasteiger partial charge in [-0.15, -0.1) is 0 Å². The Balaban J connectivity index is 1.79. The Morgan fingerprint density at radius 1 is 0.891 bits per heavy atom. The first-order valence-electron chi connectivity index (χ1n) is 15.2. The Kier molecular flexibility index (Phi) is 11.9. The first kappa shape index (κ1) is 34.2.